The van der Waals surface area contributed by atoms with E-state index < -0.39 is 22.7 Å². The van der Waals surface area contributed by atoms with Crippen molar-refractivity contribution in [3.63, 3.8) is 0 Å². The van der Waals surface area contributed by atoms with Gasteiger partial charge in [0, 0.05) is 23.2 Å². The number of anilines is 2. The first-order chi connectivity index (χ1) is 17.5. The summed E-state index contributed by atoms with van der Waals surface area (Å²) in [6.45, 7) is -1.06. The van der Waals surface area contributed by atoms with E-state index in [4.69, 9.17) is 9.88 Å². The molecular weight excluding hydrogens is 505 g/mol. The Morgan fingerprint density at radius 1 is 1.11 bits per heavy atom. The van der Waals surface area contributed by atoms with Gasteiger partial charge in [-0.3, -0.25) is 0 Å². The number of fused-ring (bicyclic) bond motifs is 1. The number of benzene rings is 2. The second-order valence-electron chi connectivity index (χ2n) is 9.01. The summed E-state index contributed by atoms with van der Waals surface area (Å²) in [6.07, 6.45) is 1.16. The van der Waals surface area contributed by atoms with Crippen LogP contribution in [0.25, 0.3) is 10.9 Å². The molecule has 0 saturated heterocycles. The summed E-state index contributed by atoms with van der Waals surface area (Å²) in [6, 6.07) is 11.4. The van der Waals surface area contributed by atoms with Gasteiger partial charge in [-0.25, -0.2) is 13.6 Å². The van der Waals surface area contributed by atoms with Crippen molar-refractivity contribution < 1.29 is 26.3 Å². The van der Waals surface area contributed by atoms with Gasteiger partial charge < -0.3 is 19.9 Å². The molecule has 0 aliphatic heterocycles. The minimum absolute atomic E-state index is 0.0891. The summed E-state index contributed by atoms with van der Waals surface area (Å²) in [4.78, 5) is -0.102. The van der Waals surface area contributed by atoms with Crippen molar-refractivity contribution in [1.29, 1.82) is 0 Å². The first-order valence-corrected chi connectivity index (χ1v) is 13.5. The summed E-state index contributed by atoms with van der Waals surface area (Å²) in [5, 5.41) is 12.4. The molecule has 37 heavy (non-hydrogen) atoms. The highest BCUT2D eigenvalue weighted by Crippen LogP contribution is 2.32. The van der Waals surface area contributed by atoms with Crippen LogP contribution in [-0.2, 0) is 16.6 Å². The number of halogens is 3. The molecule has 4 rings (SSSR count). The Labute approximate surface area is 214 Å². The van der Waals surface area contributed by atoms with Crippen LogP contribution in [0.2, 0.25) is 0 Å². The number of aromatic nitrogens is 1. The molecule has 11 heteroatoms. The predicted octanol–water partition coefficient (Wildman–Crippen LogP) is 5.07. The van der Waals surface area contributed by atoms with Crippen LogP contribution < -0.4 is 20.5 Å². The number of nitrogens with one attached hydrogen (secondary N) is 2. The van der Waals surface area contributed by atoms with Gasteiger partial charge in [0.25, 0.3) is 0 Å². The third-order valence-electron chi connectivity index (χ3n) is 6.33. The number of methoxy groups -OCH3 is 1. The highest BCUT2D eigenvalue weighted by molar-refractivity contribution is 7.89. The van der Waals surface area contributed by atoms with Gasteiger partial charge in [0.1, 0.15) is 12.3 Å². The number of rotatable bonds is 7. The van der Waals surface area contributed by atoms with Crippen LogP contribution in [0.5, 0.6) is 5.75 Å². The fourth-order valence-electron chi connectivity index (χ4n) is 4.60. The maximum atomic E-state index is 13.4. The fourth-order valence-corrected chi connectivity index (χ4v) is 5.13. The molecule has 0 unspecified atom stereocenters. The number of nitrogens with zero attached hydrogens (tertiary/aromatic N) is 1. The lowest BCUT2D eigenvalue weighted by Crippen LogP contribution is -2.22. The van der Waals surface area contributed by atoms with Crippen molar-refractivity contribution >= 4 is 32.3 Å². The molecule has 7 nitrogen and oxygen atoms in total. The average Bonchev–Trinajstić information content (AvgIpc) is 3.18. The quantitative estimate of drug-likeness (QED) is 0.368. The maximum Gasteiger partial charge on any atom is 0.406 e. The zero-order chi connectivity index (χ0) is 26.6. The van der Waals surface area contributed by atoms with E-state index in [0.717, 1.165) is 31.4 Å². The van der Waals surface area contributed by atoms with Gasteiger partial charge in [0.2, 0.25) is 10.0 Å². The monoisotopic (exact) mass is 534 g/mol. The van der Waals surface area contributed by atoms with Crippen LogP contribution in [0.15, 0.2) is 47.4 Å². The van der Waals surface area contributed by atoms with Gasteiger partial charge in [-0.15, -0.1) is 0 Å². The van der Waals surface area contributed by atoms with E-state index in [9.17, 15) is 21.6 Å². The number of sulfonamides is 1. The van der Waals surface area contributed by atoms with Crippen LogP contribution in [0.4, 0.5) is 24.5 Å². The Kier molecular flexibility index (Phi) is 7.90. The third-order valence-corrected chi connectivity index (χ3v) is 7.24. The summed E-state index contributed by atoms with van der Waals surface area (Å²) in [5.74, 6) is 5.98. The van der Waals surface area contributed by atoms with Gasteiger partial charge >= 0.3 is 6.18 Å². The van der Waals surface area contributed by atoms with Crippen molar-refractivity contribution in [2.24, 2.45) is 5.14 Å². The second-order valence-corrected chi connectivity index (χ2v) is 10.6. The van der Waals surface area contributed by atoms with Crippen molar-refractivity contribution in [3.05, 3.63) is 48.2 Å². The second kappa shape index (κ2) is 10.9. The van der Waals surface area contributed by atoms with E-state index >= 15 is 0 Å². The topological polar surface area (TPSA) is 98.4 Å². The van der Waals surface area contributed by atoms with E-state index in [1.54, 1.807) is 18.2 Å². The number of primary sulfonamides is 1. The van der Waals surface area contributed by atoms with E-state index in [1.165, 1.54) is 36.3 Å². The molecule has 0 atom stereocenters. The molecular formula is C26H29F3N4O3S. The van der Waals surface area contributed by atoms with Crippen molar-refractivity contribution in [3.8, 4) is 17.6 Å². The van der Waals surface area contributed by atoms with Crippen molar-refractivity contribution in [2.75, 3.05) is 24.3 Å². The Bertz CT molecular complexity index is 1430. The first kappa shape index (κ1) is 26.7. The van der Waals surface area contributed by atoms with Crippen LogP contribution in [-0.4, -0.2) is 38.9 Å². The molecule has 1 aromatic heterocycles. The van der Waals surface area contributed by atoms with Gasteiger partial charge in [0.15, 0.2) is 0 Å². The molecule has 0 radical (unpaired) electrons. The Morgan fingerprint density at radius 2 is 1.86 bits per heavy atom. The highest BCUT2D eigenvalue weighted by atomic mass is 32.2. The molecule has 0 bridgehead atoms. The minimum Gasteiger partial charge on any atom is -0.495 e. The smallest absolute Gasteiger partial charge is 0.406 e. The van der Waals surface area contributed by atoms with Crippen molar-refractivity contribution in [1.82, 2.24) is 4.57 Å². The van der Waals surface area contributed by atoms with E-state index in [0.29, 0.717) is 22.6 Å². The molecule has 2 aromatic carbocycles. The van der Waals surface area contributed by atoms with Gasteiger partial charge in [-0.1, -0.05) is 31.2 Å². The Morgan fingerprint density at radius 3 is 2.54 bits per heavy atom. The number of hydrogen-bond acceptors (Lipinski definition) is 5. The third kappa shape index (κ3) is 6.70. The number of hydrogen-bond donors (Lipinski definition) is 3. The van der Waals surface area contributed by atoms with Gasteiger partial charge in [-0.05, 0) is 49.1 Å². The summed E-state index contributed by atoms with van der Waals surface area (Å²) < 4.78 is 69.9. The summed E-state index contributed by atoms with van der Waals surface area (Å²) in [5.41, 5.74) is 2.00. The SMILES string of the molecule is COc1cc(S(N)(=O)=O)ccc1NCC#Cc1cc2c(NC3CCCCC3)cccc2n1CC(F)(F)F. The van der Waals surface area contributed by atoms with Crippen LogP contribution >= 0.6 is 0 Å². The Hall–Kier alpha value is -3.36. The Balaban J connectivity index is 1.60. The number of alkyl halides is 3. The van der Waals surface area contributed by atoms with Gasteiger partial charge in [-0.2, -0.15) is 13.2 Å². The van der Waals surface area contributed by atoms with E-state index in [1.807, 2.05) is 6.07 Å². The number of ether oxygens (including phenoxy) is 1. The summed E-state index contributed by atoms with van der Waals surface area (Å²) >= 11 is 0. The minimum atomic E-state index is -4.41. The largest absolute Gasteiger partial charge is 0.495 e. The molecule has 3 aromatic rings. The first-order valence-electron chi connectivity index (χ1n) is 11.9. The normalized spacial score (nSPS) is 14.7. The van der Waals surface area contributed by atoms with E-state index in [-0.39, 0.29) is 22.9 Å². The van der Waals surface area contributed by atoms with Crippen molar-refractivity contribution in [2.45, 2.75) is 55.8 Å². The lowest BCUT2D eigenvalue weighted by molar-refractivity contribution is -0.140. The van der Waals surface area contributed by atoms with Crippen LogP contribution in [0.1, 0.15) is 37.8 Å². The molecule has 1 heterocycles. The molecule has 1 aliphatic rings. The van der Waals surface area contributed by atoms with Gasteiger partial charge in [0.05, 0.1) is 35.4 Å². The molecule has 198 valence electrons. The maximum absolute atomic E-state index is 13.4. The lowest BCUT2D eigenvalue weighted by Gasteiger charge is -2.24. The predicted molar refractivity (Wildman–Crippen MR) is 138 cm³/mol. The van der Waals surface area contributed by atoms with Crippen LogP contribution in [0.3, 0.4) is 0 Å². The molecule has 1 fully saturated rings. The highest BCUT2D eigenvalue weighted by Gasteiger charge is 2.30. The molecule has 4 N–H and O–H groups in total. The molecule has 1 saturated carbocycles. The molecule has 0 spiro atoms. The van der Waals surface area contributed by atoms with Crippen LogP contribution in [0, 0.1) is 11.8 Å². The fraction of sp³-hybridized carbons (Fsp3) is 0.385. The summed E-state index contributed by atoms with van der Waals surface area (Å²) in [7, 11) is -2.51. The standard InChI is InChI=1S/C26H29F3N4O3S/c1-36-25-16-20(37(30,34)35)12-13-23(25)31-14-6-9-19-15-21-22(32-18-7-3-2-4-8-18)10-5-11-24(21)33(19)17-26(27,28)29/h5,10-13,15-16,18,31-32H,2-4,7-8,14,17H2,1H3,(H2,30,34,35). The molecule has 0 amide bonds. The lowest BCUT2D eigenvalue weighted by atomic mass is 9.95. The zero-order valence-electron chi connectivity index (χ0n) is 20.4. The molecule has 1 aliphatic carbocycles. The van der Waals surface area contributed by atoms with E-state index in [2.05, 4.69) is 22.5 Å². The zero-order valence-corrected chi connectivity index (χ0v) is 21.2. The average molecular weight is 535 g/mol. The number of nitrogens with two attached hydrogens (primary N) is 1.